The molecule has 12 nitrogen and oxygen atoms in total. The van der Waals surface area contributed by atoms with Gasteiger partial charge in [-0.25, -0.2) is 15.0 Å². The van der Waals surface area contributed by atoms with Crippen molar-refractivity contribution in [2.24, 2.45) is 0 Å². The maximum Gasteiger partial charge on any atom is 0.246 e. The average Bonchev–Trinajstić information content (AvgIpc) is 2.98. The third-order valence-corrected chi connectivity index (χ3v) is 6.95. The van der Waals surface area contributed by atoms with Crippen molar-refractivity contribution in [1.29, 1.82) is 5.41 Å². The molecule has 0 atom stereocenters. The second-order valence-electron chi connectivity index (χ2n) is 10.3. The number of hydrogen-bond donors (Lipinski definition) is 3. The van der Waals surface area contributed by atoms with E-state index in [0.717, 1.165) is 29.1 Å². The Balaban J connectivity index is 1.28. The average molecular weight is 569 g/mol. The minimum atomic E-state index is 0.0430. The monoisotopic (exact) mass is 568 g/mol. The van der Waals surface area contributed by atoms with Gasteiger partial charge < -0.3 is 30.2 Å². The van der Waals surface area contributed by atoms with E-state index in [4.69, 9.17) is 15.1 Å². The van der Waals surface area contributed by atoms with Crippen LogP contribution in [0.5, 0.6) is 11.5 Å². The number of aromatic nitrogens is 4. The minimum absolute atomic E-state index is 0.0430. The summed E-state index contributed by atoms with van der Waals surface area (Å²) in [6.07, 6.45) is 6.82. The predicted molar refractivity (Wildman–Crippen MR) is 164 cm³/mol. The number of pyridine rings is 2. The van der Waals surface area contributed by atoms with Crippen LogP contribution in [-0.2, 0) is 4.79 Å². The zero-order valence-corrected chi connectivity index (χ0v) is 24.3. The van der Waals surface area contributed by atoms with Crippen molar-refractivity contribution in [3.05, 3.63) is 78.2 Å². The number of carbonyl (C=O) groups is 1. The number of fused-ring (bicyclic) bond motifs is 1. The van der Waals surface area contributed by atoms with Gasteiger partial charge in [0.1, 0.15) is 34.6 Å². The molecule has 1 fully saturated rings. The lowest BCUT2D eigenvalue weighted by Crippen LogP contribution is -2.48. The van der Waals surface area contributed by atoms with Crippen LogP contribution in [0.4, 0.5) is 17.3 Å². The maximum atomic E-state index is 12.5. The molecule has 4 heterocycles. The Kier molecular flexibility index (Phi) is 8.63. The number of aryl methyl sites for hydroxylation is 1. The van der Waals surface area contributed by atoms with Crippen LogP contribution in [0.25, 0.3) is 11.0 Å². The van der Waals surface area contributed by atoms with E-state index in [9.17, 15) is 4.79 Å². The molecule has 0 radical (unpaired) electrons. The Morgan fingerprint density at radius 3 is 2.62 bits per heavy atom. The van der Waals surface area contributed by atoms with Crippen LogP contribution in [-0.4, -0.2) is 89.2 Å². The fourth-order valence-corrected chi connectivity index (χ4v) is 4.67. The van der Waals surface area contributed by atoms with Crippen LogP contribution in [0.1, 0.15) is 5.56 Å². The van der Waals surface area contributed by atoms with E-state index in [0.29, 0.717) is 49.0 Å². The molecule has 0 spiro atoms. The summed E-state index contributed by atoms with van der Waals surface area (Å²) in [5.41, 5.74) is 6.36. The summed E-state index contributed by atoms with van der Waals surface area (Å²) in [6, 6.07) is 13.2. The highest BCUT2D eigenvalue weighted by Crippen LogP contribution is 2.29. The van der Waals surface area contributed by atoms with E-state index < -0.39 is 0 Å². The van der Waals surface area contributed by atoms with Gasteiger partial charge in [0.05, 0.1) is 5.52 Å². The van der Waals surface area contributed by atoms with Crippen molar-refractivity contribution < 1.29 is 9.53 Å². The van der Waals surface area contributed by atoms with Gasteiger partial charge in [-0.15, -0.1) is 0 Å². The standard InChI is InChI=1S/C30H36N10O2/c1-21-18-22(7-9-25(21)42-23-11-13-40(32-2)26(31)19-23)35-30-29-24(33-20-34-30)8-10-27(36-29)38-14-16-39(17-15-38)28(41)6-5-12-37(3)4/h5-11,13,18-20,31-32H,12,14-17H2,1-4H3,(H,33,34,35)/b6-5+,31-26?. The van der Waals surface area contributed by atoms with Gasteiger partial charge in [0, 0.05) is 63.8 Å². The quantitative estimate of drug-likeness (QED) is 0.261. The lowest BCUT2D eigenvalue weighted by molar-refractivity contribution is -0.126. The first-order valence-corrected chi connectivity index (χ1v) is 13.8. The molecule has 1 aliphatic heterocycles. The highest BCUT2D eigenvalue weighted by atomic mass is 16.5. The number of amides is 1. The number of nitrogens with one attached hydrogen (secondary N) is 3. The van der Waals surface area contributed by atoms with Crippen LogP contribution < -0.4 is 25.9 Å². The van der Waals surface area contributed by atoms with E-state index in [2.05, 4.69) is 25.6 Å². The number of anilines is 3. The van der Waals surface area contributed by atoms with Gasteiger partial charge in [0.15, 0.2) is 5.82 Å². The summed E-state index contributed by atoms with van der Waals surface area (Å²) in [6.45, 7) is 5.37. The van der Waals surface area contributed by atoms with Crippen LogP contribution in [0.15, 0.2) is 67.1 Å². The number of piperazine rings is 1. The van der Waals surface area contributed by atoms with Gasteiger partial charge in [0.2, 0.25) is 5.91 Å². The number of rotatable bonds is 9. The van der Waals surface area contributed by atoms with Crippen molar-refractivity contribution in [3.8, 4) is 11.5 Å². The molecule has 12 heteroatoms. The van der Waals surface area contributed by atoms with Crippen LogP contribution in [0.2, 0.25) is 0 Å². The first-order valence-electron chi connectivity index (χ1n) is 13.8. The molecule has 0 aliphatic carbocycles. The fourth-order valence-electron chi connectivity index (χ4n) is 4.67. The van der Waals surface area contributed by atoms with E-state index in [1.807, 2.05) is 67.2 Å². The Hall–Kier alpha value is -4.97. The summed E-state index contributed by atoms with van der Waals surface area (Å²) >= 11 is 0. The molecule has 5 rings (SSSR count). The van der Waals surface area contributed by atoms with Crippen LogP contribution in [0, 0.1) is 12.3 Å². The smallest absolute Gasteiger partial charge is 0.246 e. The molecule has 1 aliphatic rings. The SMILES string of the molecule is CNn1ccc(Oc2ccc(Nc3ncnc4ccc(N5CCN(C(=O)/C=C/CN(C)C)CC5)nc34)cc2C)cc1=N. The molecule has 1 saturated heterocycles. The zero-order chi connectivity index (χ0) is 29.6. The highest BCUT2D eigenvalue weighted by molar-refractivity contribution is 5.89. The van der Waals surface area contributed by atoms with Crippen molar-refractivity contribution in [3.63, 3.8) is 0 Å². The molecule has 0 saturated carbocycles. The Morgan fingerprint density at radius 2 is 1.90 bits per heavy atom. The first kappa shape index (κ1) is 28.6. The molecule has 0 unspecified atom stereocenters. The highest BCUT2D eigenvalue weighted by Gasteiger charge is 2.21. The molecule has 1 amide bonds. The van der Waals surface area contributed by atoms with E-state index >= 15 is 0 Å². The second kappa shape index (κ2) is 12.7. The van der Waals surface area contributed by atoms with Gasteiger partial charge in [-0.3, -0.25) is 14.9 Å². The van der Waals surface area contributed by atoms with Crippen molar-refractivity contribution in [2.75, 3.05) is 69.5 Å². The van der Waals surface area contributed by atoms with Gasteiger partial charge in [-0.05, 0) is 63.0 Å². The summed E-state index contributed by atoms with van der Waals surface area (Å²) in [4.78, 5) is 32.4. The summed E-state index contributed by atoms with van der Waals surface area (Å²) in [5.74, 6) is 2.75. The number of carbonyl (C=O) groups excluding carboxylic acids is 1. The normalized spacial score (nSPS) is 13.6. The second-order valence-corrected chi connectivity index (χ2v) is 10.3. The maximum absolute atomic E-state index is 12.5. The number of nitrogens with zero attached hydrogens (tertiary/aromatic N) is 7. The van der Waals surface area contributed by atoms with Crippen molar-refractivity contribution >= 4 is 34.3 Å². The van der Waals surface area contributed by atoms with E-state index in [1.165, 1.54) is 6.33 Å². The molecular weight excluding hydrogens is 532 g/mol. The van der Waals surface area contributed by atoms with E-state index in [1.54, 1.807) is 36.1 Å². The first-order chi connectivity index (χ1) is 20.3. The van der Waals surface area contributed by atoms with E-state index in [-0.39, 0.29) is 11.4 Å². The minimum Gasteiger partial charge on any atom is -0.457 e. The lowest BCUT2D eigenvalue weighted by atomic mass is 10.2. The fraction of sp³-hybridized carbons (Fsp3) is 0.300. The molecule has 0 bridgehead atoms. The number of hydrogen-bond acceptors (Lipinski definition) is 10. The zero-order valence-electron chi connectivity index (χ0n) is 24.3. The summed E-state index contributed by atoms with van der Waals surface area (Å²) in [5, 5.41) is 11.5. The molecule has 42 heavy (non-hydrogen) atoms. The topological polar surface area (TPSA) is 128 Å². The van der Waals surface area contributed by atoms with Gasteiger partial charge >= 0.3 is 0 Å². The third-order valence-electron chi connectivity index (χ3n) is 6.95. The number of likely N-dealkylation sites (N-methyl/N-ethyl adjacent to an activating group) is 1. The molecule has 1 aromatic carbocycles. The Bertz CT molecular complexity index is 1660. The van der Waals surface area contributed by atoms with Crippen LogP contribution >= 0.6 is 0 Å². The van der Waals surface area contributed by atoms with Crippen molar-refractivity contribution in [2.45, 2.75) is 6.92 Å². The third kappa shape index (κ3) is 6.66. The molecule has 4 aromatic rings. The molecular formula is C30H36N10O2. The molecule has 3 N–H and O–H groups in total. The summed E-state index contributed by atoms with van der Waals surface area (Å²) in [7, 11) is 5.70. The summed E-state index contributed by atoms with van der Waals surface area (Å²) < 4.78 is 7.62. The number of ether oxygens (including phenoxy) is 1. The Morgan fingerprint density at radius 1 is 1.10 bits per heavy atom. The van der Waals surface area contributed by atoms with Gasteiger partial charge in [0.25, 0.3) is 0 Å². The lowest BCUT2D eigenvalue weighted by Gasteiger charge is -2.35. The molecule has 3 aromatic heterocycles. The Labute approximate surface area is 244 Å². The predicted octanol–water partition coefficient (Wildman–Crippen LogP) is 3.09. The molecule has 218 valence electrons. The van der Waals surface area contributed by atoms with Gasteiger partial charge in [-0.1, -0.05) is 6.08 Å². The van der Waals surface area contributed by atoms with Crippen molar-refractivity contribution in [1.82, 2.24) is 29.4 Å². The largest absolute Gasteiger partial charge is 0.457 e. The van der Waals surface area contributed by atoms with Crippen LogP contribution in [0.3, 0.4) is 0 Å². The number of benzene rings is 1. The van der Waals surface area contributed by atoms with Gasteiger partial charge in [-0.2, -0.15) is 0 Å².